The van der Waals surface area contributed by atoms with E-state index in [4.69, 9.17) is 17.3 Å². The predicted octanol–water partition coefficient (Wildman–Crippen LogP) is 3.74. The van der Waals surface area contributed by atoms with Crippen LogP contribution >= 0.6 is 11.6 Å². The molecule has 0 aliphatic heterocycles. The third-order valence-electron chi connectivity index (χ3n) is 2.72. The molecule has 0 spiro atoms. The largest absolute Gasteiger partial charge is 0.327 e. The number of carbonyl (C=O) groups is 1. The molecule has 0 bridgehead atoms. The summed E-state index contributed by atoms with van der Waals surface area (Å²) in [6.45, 7) is 8.30. The van der Waals surface area contributed by atoms with Crippen LogP contribution in [0.5, 0.6) is 0 Å². The summed E-state index contributed by atoms with van der Waals surface area (Å²) in [4.78, 5) is 11.9. The van der Waals surface area contributed by atoms with Crippen LogP contribution in [0, 0.1) is 12.3 Å². The number of amides is 1. The first kappa shape index (κ1) is 16.0. The second-order valence-electron chi connectivity index (χ2n) is 6.26. The normalized spacial score (nSPS) is 13.2. The van der Waals surface area contributed by atoms with Gasteiger partial charge in [0.25, 0.3) is 0 Å². The Morgan fingerprint density at radius 1 is 1.42 bits per heavy atom. The Hall–Kier alpha value is -1.06. The van der Waals surface area contributed by atoms with Crippen molar-refractivity contribution in [3.63, 3.8) is 0 Å². The zero-order chi connectivity index (χ0) is 14.6. The summed E-state index contributed by atoms with van der Waals surface area (Å²) in [5.41, 5.74) is 7.82. The molecule has 1 aromatic rings. The first-order chi connectivity index (χ1) is 8.67. The number of carbonyl (C=O) groups excluding carboxylic acids is 1. The average Bonchev–Trinajstić information content (AvgIpc) is 2.20. The van der Waals surface area contributed by atoms with E-state index in [0.29, 0.717) is 17.1 Å². The van der Waals surface area contributed by atoms with Crippen molar-refractivity contribution in [1.82, 2.24) is 0 Å². The number of hydrogen-bond acceptors (Lipinski definition) is 2. The van der Waals surface area contributed by atoms with Gasteiger partial charge in [-0.05, 0) is 36.5 Å². The van der Waals surface area contributed by atoms with E-state index in [0.717, 1.165) is 12.0 Å². The van der Waals surface area contributed by atoms with Crippen molar-refractivity contribution < 1.29 is 4.79 Å². The Morgan fingerprint density at radius 2 is 2.05 bits per heavy atom. The van der Waals surface area contributed by atoms with Crippen LogP contribution < -0.4 is 11.1 Å². The Balaban J connectivity index is 2.58. The van der Waals surface area contributed by atoms with Gasteiger partial charge in [-0.2, -0.15) is 0 Å². The quantitative estimate of drug-likeness (QED) is 0.884. The number of anilines is 1. The maximum Gasteiger partial charge on any atom is 0.225 e. The number of nitrogens with one attached hydrogen (secondary N) is 1. The van der Waals surface area contributed by atoms with Crippen LogP contribution in [0.3, 0.4) is 0 Å². The number of hydrogen-bond donors (Lipinski definition) is 2. The van der Waals surface area contributed by atoms with Gasteiger partial charge in [0.2, 0.25) is 5.91 Å². The van der Waals surface area contributed by atoms with Crippen molar-refractivity contribution in [3.8, 4) is 0 Å². The predicted molar refractivity (Wildman–Crippen MR) is 81.5 cm³/mol. The summed E-state index contributed by atoms with van der Waals surface area (Å²) < 4.78 is 0. The maximum atomic E-state index is 11.9. The van der Waals surface area contributed by atoms with Gasteiger partial charge in [-0.1, -0.05) is 38.4 Å². The van der Waals surface area contributed by atoms with E-state index in [1.54, 1.807) is 6.07 Å². The SMILES string of the molecule is Cc1ccc(Cl)c(NC(=O)CC(N)CC(C)(C)C)c1. The van der Waals surface area contributed by atoms with E-state index in [1.807, 2.05) is 19.1 Å². The summed E-state index contributed by atoms with van der Waals surface area (Å²) in [5, 5.41) is 3.36. The molecule has 19 heavy (non-hydrogen) atoms. The van der Waals surface area contributed by atoms with Crippen molar-refractivity contribution in [2.75, 3.05) is 5.32 Å². The Labute approximate surface area is 120 Å². The van der Waals surface area contributed by atoms with Crippen LogP contribution in [0.1, 0.15) is 39.2 Å². The molecule has 106 valence electrons. The van der Waals surface area contributed by atoms with Crippen molar-refractivity contribution in [2.24, 2.45) is 11.1 Å². The summed E-state index contributed by atoms with van der Waals surface area (Å²) in [5.74, 6) is -0.0933. The van der Waals surface area contributed by atoms with Crippen molar-refractivity contribution in [3.05, 3.63) is 28.8 Å². The zero-order valence-corrected chi connectivity index (χ0v) is 12.8. The highest BCUT2D eigenvalue weighted by atomic mass is 35.5. The third-order valence-corrected chi connectivity index (χ3v) is 3.05. The fraction of sp³-hybridized carbons (Fsp3) is 0.533. The molecule has 1 atom stereocenters. The lowest BCUT2D eigenvalue weighted by atomic mass is 9.87. The molecule has 0 aliphatic rings. The Bertz CT molecular complexity index is 452. The molecule has 0 saturated heterocycles. The highest BCUT2D eigenvalue weighted by Crippen LogP contribution is 2.24. The van der Waals surface area contributed by atoms with Crippen LogP contribution in [0.15, 0.2) is 18.2 Å². The lowest BCUT2D eigenvalue weighted by Gasteiger charge is -2.22. The molecule has 0 radical (unpaired) electrons. The van der Waals surface area contributed by atoms with Crippen LogP contribution in [0.2, 0.25) is 5.02 Å². The van der Waals surface area contributed by atoms with E-state index in [2.05, 4.69) is 26.1 Å². The number of rotatable bonds is 4. The van der Waals surface area contributed by atoms with Gasteiger partial charge in [0.1, 0.15) is 0 Å². The standard InChI is InChI=1S/C15H23ClN2O/c1-10-5-6-12(16)13(7-10)18-14(19)8-11(17)9-15(2,3)4/h5-7,11H,8-9,17H2,1-4H3,(H,18,19). The molecule has 3 nitrogen and oxygen atoms in total. The summed E-state index contributed by atoms with van der Waals surface area (Å²) >= 11 is 6.04. The minimum Gasteiger partial charge on any atom is -0.327 e. The molecule has 0 aliphatic carbocycles. The topological polar surface area (TPSA) is 55.1 Å². The monoisotopic (exact) mass is 282 g/mol. The zero-order valence-electron chi connectivity index (χ0n) is 12.1. The lowest BCUT2D eigenvalue weighted by Crippen LogP contribution is -2.31. The van der Waals surface area contributed by atoms with Crippen molar-refractivity contribution in [2.45, 2.75) is 46.6 Å². The smallest absolute Gasteiger partial charge is 0.225 e. The molecule has 0 aromatic heterocycles. The molecule has 0 fully saturated rings. The highest BCUT2D eigenvalue weighted by molar-refractivity contribution is 6.33. The molecule has 3 N–H and O–H groups in total. The Morgan fingerprint density at radius 3 is 2.63 bits per heavy atom. The molecule has 0 saturated carbocycles. The molecule has 1 aromatic carbocycles. The number of aryl methyl sites for hydroxylation is 1. The third kappa shape index (κ3) is 6.08. The van der Waals surface area contributed by atoms with Crippen LogP contribution in [-0.2, 0) is 4.79 Å². The number of nitrogens with two attached hydrogens (primary N) is 1. The maximum absolute atomic E-state index is 11.9. The molecule has 0 heterocycles. The number of benzene rings is 1. The van der Waals surface area contributed by atoms with Crippen LogP contribution in [-0.4, -0.2) is 11.9 Å². The van der Waals surface area contributed by atoms with Crippen molar-refractivity contribution in [1.29, 1.82) is 0 Å². The van der Waals surface area contributed by atoms with E-state index in [-0.39, 0.29) is 17.4 Å². The van der Waals surface area contributed by atoms with Gasteiger partial charge in [0, 0.05) is 12.5 Å². The molecular formula is C15H23ClN2O. The lowest BCUT2D eigenvalue weighted by molar-refractivity contribution is -0.116. The van der Waals surface area contributed by atoms with Gasteiger partial charge in [-0.3, -0.25) is 4.79 Å². The van der Waals surface area contributed by atoms with E-state index < -0.39 is 0 Å². The highest BCUT2D eigenvalue weighted by Gasteiger charge is 2.18. The van der Waals surface area contributed by atoms with Crippen molar-refractivity contribution >= 4 is 23.2 Å². The van der Waals surface area contributed by atoms with Crippen LogP contribution in [0.4, 0.5) is 5.69 Å². The minimum absolute atomic E-state index is 0.0933. The second-order valence-corrected chi connectivity index (χ2v) is 6.67. The summed E-state index contributed by atoms with van der Waals surface area (Å²) in [7, 11) is 0. The summed E-state index contributed by atoms with van der Waals surface area (Å²) in [6.07, 6.45) is 1.11. The first-order valence-corrected chi connectivity index (χ1v) is 6.87. The molecule has 1 rings (SSSR count). The van der Waals surface area contributed by atoms with Gasteiger partial charge >= 0.3 is 0 Å². The van der Waals surface area contributed by atoms with Gasteiger partial charge in [0.05, 0.1) is 10.7 Å². The van der Waals surface area contributed by atoms with Gasteiger partial charge in [-0.15, -0.1) is 0 Å². The van der Waals surface area contributed by atoms with E-state index in [9.17, 15) is 4.79 Å². The minimum atomic E-state index is -0.136. The molecular weight excluding hydrogens is 260 g/mol. The van der Waals surface area contributed by atoms with Gasteiger partial charge in [-0.25, -0.2) is 0 Å². The second kappa shape index (κ2) is 6.40. The number of halogens is 1. The average molecular weight is 283 g/mol. The Kier molecular flexibility index (Phi) is 5.39. The fourth-order valence-electron chi connectivity index (χ4n) is 2.03. The van der Waals surface area contributed by atoms with E-state index in [1.165, 1.54) is 0 Å². The molecule has 4 heteroatoms. The fourth-order valence-corrected chi connectivity index (χ4v) is 2.20. The molecule has 1 amide bonds. The van der Waals surface area contributed by atoms with E-state index >= 15 is 0 Å². The first-order valence-electron chi connectivity index (χ1n) is 6.49. The van der Waals surface area contributed by atoms with Gasteiger partial charge < -0.3 is 11.1 Å². The van der Waals surface area contributed by atoms with Gasteiger partial charge in [0.15, 0.2) is 0 Å². The summed E-state index contributed by atoms with van der Waals surface area (Å²) in [6, 6.07) is 5.41. The van der Waals surface area contributed by atoms with Crippen LogP contribution in [0.25, 0.3) is 0 Å². The molecule has 1 unspecified atom stereocenters.